The van der Waals surface area contributed by atoms with E-state index in [-0.39, 0.29) is 11.9 Å². The van der Waals surface area contributed by atoms with Gasteiger partial charge in [0.25, 0.3) is 0 Å². The summed E-state index contributed by atoms with van der Waals surface area (Å²) in [5.41, 5.74) is 0. The largest absolute Gasteiger partial charge is 0.462 e. The molecule has 2 aromatic rings. The lowest BCUT2D eigenvalue weighted by atomic mass is 10.3. The lowest BCUT2D eigenvalue weighted by molar-refractivity contribution is -0.117. The maximum absolute atomic E-state index is 11.6. The van der Waals surface area contributed by atoms with E-state index in [1.807, 2.05) is 26.0 Å². The van der Waals surface area contributed by atoms with Gasteiger partial charge in [-0.2, -0.15) is 0 Å². The molecule has 2 N–H and O–H groups in total. The van der Waals surface area contributed by atoms with Crippen LogP contribution in [0.25, 0.3) is 6.08 Å². The maximum Gasteiger partial charge on any atom is 0.244 e. The zero-order chi connectivity index (χ0) is 13.0. The van der Waals surface area contributed by atoms with Crippen LogP contribution in [0.4, 0.5) is 0 Å². The monoisotopic (exact) mass is 245 g/mol. The number of furan rings is 1. The Labute approximate surface area is 105 Å². The molecule has 2 rings (SSSR count). The van der Waals surface area contributed by atoms with Gasteiger partial charge < -0.3 is 14.7 Å². The van der Waals surface area contributed by atoms with Gasteiger partial charge in [0.1, 0.15) is 17.3 Å². The van der Waals surface area contributed by atoms with Crippen LogP contribution in [0.1, 0.15) is 30.3 Å². The summed E-state index contributed by atoms with van der Waals surface area (Å²) in [5, 5.41) is 2.80. The van der Waals surface area contributed by atoms with Crippen LogP contribution in [0, 0.1) is 6.92 Å². The Bertz CT molecular complexity index is 540. The van der Waals surface area contributed by atoms with E-state index in [9.17, 15) is 4.79 Å². The molecule has 0 aliphatic carbocycles. The maximum atomic E-state index is 11.6. The van der Waals surface area contributed by atoms with E-state index in [0.29, 0.717) is 5.76 Å². The number of carbonyl (C=O) groups is 1. The first-order chi connectivity index (χ1) is 8.65. The fourth-order valence-corrected chi connectivity index (χ4v) is 1.54. The van der Waals surface area contributed by atoms with Gasteiger partial charge in [0.05, 0.1) is 6.04 Å². The number of nitrogens with one attached hydrogen (secondary N) is 2. The van der Waals surface area contributed by atoms with Gasteiger partial charge in [-0.05, 0) is 32.1 Å². The minimum absolute atomic E-state index is 0.157. The third kappa shape index (κ3) is 3.10. The van der Waals surface area contributed by atoms with Gasteiger partial charge in [0.15, 0.2) is 0 Å². The van der Waals surface area contributed by atoms with E-state index in [1.165, 1.54) is 6.08 Å². The normalized spacial score (nSPS) is 12.8. The van der Waals surface area contributed by atoms with E-state index < -0.39 is 0 Å². The van der Waals surface area contributed by atoms with Crippen LogP contribution >= 0.6 is 0 Å². The average Bonchev–Trinajstić information content (AvgIpc) is 2.97. The number of aromatic amines is 1. The summed E-state index contributed by atoms with van der Waals surface area (Å²) >= 11 is 0. The summed E-state index contributed by atoms with van der Waals surface area (Å²) in [6.45, 7) is 3.72. The second-order valence-corrected chi connectivity index (χ2v) is 3.99. The molecule has 0 spiro atoms. The van der Waals surface area contributed by atoms with E-state index in [1.54, 1.807) is 18.5 Å². The topological polar surface area (TPSA) is 70.9 Å². The highest BCUT2D eigenvalue weighted by molar-refractivity contribution is 5.91. The lowest BCUT2D eigenvalue weighted by Crippen LogP contribution is -2.25. The number of hydrogen-bond acceptors (Lipinski definition) is 3. The van der Waals surface area contributed by atoms with Gasteiger partial charge in [-0.15, -0.1) is 0 Å². The van der Waals surface area contributed by atoms with Crippen LogP contribution < -0.4 is 5.32 Å². The van der Waals surface area contributed by atoms with Crippen LogP contribution in [-0.2, 0) is 4.79 Å². The number of rotatable bonds is 4. The number of imidazole rings is 1. The van der Waals surface area contributed by atoms with Crippen molar-refractivity contribution < 1.29 is 9.21 Å². The molecule has 0 fully saturated rings. The molecule has 0 aliphatic heterocycles. The minimum Gasteiger partial charge on any atom is -0.462 e. The van der Waals surface area contributed by atoms with Crippen LogP contribution in [0.15, 0.2) is 35.0 Å². The molecule has 1 amide bonds. The Hall–Kier alpha value is -2.30. The lowest BCUT2D eigenvalue weighted by Gasteiger charge is -2.08. The summed E-state index contributed by atoms with van der Waals surface area (Å²) in [7, 11) is 0. The average molecular weight is 245 g/mol. The predicted molar refractivity (Wildman–Crippen MR) is 67.6 cm³/mol. The van der Waals surface area contributed by atoms with Gasteiger partial charge in [-0.1, -0.05) is 0 Å². The zero-order valence-corrected chi connectivity index (χ0v) is 10.3. The highest BCUT2D eigenvalue weighted by atomic mass is 16.3. The molecule has 2 aromatic heterocycles. The molecule has 2 heterocycles. The van der Waals surface area contributed by atoms with Crippen molar-refractivity contribution in [3.63, 3.8) is 0 Å². The second-order valence-electron chi connectivity index (χ2n) is 3.99. The Morgan fingerprint density at radius 1 is 1.56 bits per heavy atom. The molecule has 1 unspecified atom stereocenters. The van der Waals surface area contributed by atoms with Gasteiger partial charge in [-0.25, -0.2) is 4.98 Å². The van der Waals surface area contributed by atoms with Crippen LogP contribution in [-0.4, -0.2) is 15.9 Å². The van der Waals surface area contributed by atoms with Crippen molar-refractivity contribution >= 4 is 12.0 Å². The quantitative estimate of drug-likeness (QED) is 0.811. The number of aromatic nitrogens is 2. The molecule has 5 nitrogen and oxygen atoms in total. The first-order valence-corrected chi connectivity index (χ1v) is 5.69. The molecular formula is C13H15N3O2. The van der Waals surface area contributed by atoms with E-state index in [2.05, 4.69) is 15.3 Å². The summed E-state index contributed by atoms with van der Waals surface area (Å²) in [6.07, 6.45) is 6.45. The molecule has 1 atom stereocenters. The Kier molecular flexibility index (Phi) is 3.62. The van der Waals surface area contributed by atoms with E-state index in [4.69, 9.17) is 4.42 Å². The van der Waals surface area contributed by atoms with Gasteiger partial charge in [-0.3, -0.25) is 4.79 Å². The van der Waals surface area contributed by atoms with Crippen molar-refractivity contribution in [2.24, 2.45) is 0 Å². The van der Waals surface area contributed by atoms with Crippen molar-refractivity contribution in [3.8, 4) is 0 Å². The fraction of sp³-hybridized carbons (Fsp3) is 0.231. The molecule has 0 bridgehead atoms. The highest BCUT2D eigenvalue weighted by Crippen LogP contribution is 2.08. The van der Waals surface area contributed by atoms with Crippen molar-refractivity contribution in [1.29, 1.82) is 0 Å². The highest BCUT2D eigenvalue weighted by Gasteiger charge is 2.09. The SMILES string of the molecule is Cc1ccc(/C=C/C(=O)NC(C)c2ncc[nH]2)o1. The van der Waals surface area contributed by atoms with Crippen molar-refractivity contribution in [3.05, 3.63) is 47.9 Å². The summed E-state index contributed by atoms with van der Waals surface area (Å²) in [5.74, 6) is 2.02. The van der Waals surface area contributed by atoms with E-state index in [0.717, 1.165) is 11.6 Å². The first-order valence-electron chi connectivity index (χ1n) is 5.69. The number of hydrogen-bond donors (Lipinski definition) is 2. The Morgan fingerprint density at radius 2 is 2.39 bits per heavy atom. The first kappa shape index (κ1) is 12.2. The smallest absolute Gasteiger partial charge is 0.244 e. The van der Waals surface area contributed by atoms with Crippen molar-refractivity contribution in [2.75, 3.05) is 0 Å². The molecule has 94 valence electrons. The number of carbonyl (C=O) groups excluding carboxylic acids is 1. The van der Waals surface area contributed by atoms with Gasteiger partial charge >= 0.3 is 0 Å². The minimum atomic E-state index is -0.187. The Balaban J connectivity index is 1.91. The molecule has 0 radical (unpaired) electrons. The van der Waals surface area contributed by atoms with Crippen LogP contribution in [0.5, 0.6) is 0 Å². The predicted octanol–water partition coefficient (Wildman–Crippen LogP) is 2.20. The molecule has 0 aromatic carbocycles. The van der Waals surface area contributed by atoms with Gasteiger partial charge in [0.2, 0.25) is 5.91 Å². The zero-order valence-electron chi connectivity index (χ0n) is 10.3. The molecule has 0 saturated carbocycles. The van der Waals surface area contributed by atoms with Gasteiger partial charge in [0, 0.05) is 18.5 Å². The fourth-order valence-electron chi connectivity index (χ4n) is 1.54. The standard InChI is InChI=1S/C13H15N3O2/c1-9-3-4-11(18-9)5-6-12(17)16-10(2)13-14-7-8-15-13/h3-8,10H,1-2H3,(H,14,15)(H,16,17)/b6-5+. The van der Waals surface area contributed by atoms with Crippen LogP contribution in [0.3, 0.4) is 0 Å². The molecule has 18 heavy (non-hydrogen) atoms. The summed E-state index contributed by atoms with van der Waals surface area (Å²) < 4.78 is 5.33. The third-order valence-corrected chi connectivity index (χ3v) is 2.45. The molecular weight excluding hydrogens is 230 g/mol. The number of aryl methyl sites for hydroxylation is 1. The molecule has 5 heteroatoms. The molecule has 0 saturated heterocycles. The third-order valence-electron chi connectivity index (χ3n) is 2.45. The number of nitrogens with zero attached hydrogens (tertiary/aromatic N) is 1. The van der Waals surface area contributed by atoms with Crippen molar-refractivity contribution in [2.45, 2.75) is 19.9 Å². The molecule has 0 aliphatic rings. The summed E-state index contributed by atoms with van der Waals surface area (Å²) in [6, 6.07) is 3.51. The number of H-pyrrole nitrogens is 1. The van der Waals surface area contributed by atoms with E-state index >= 15 is 0 Å². The second kappa shape index (κ2) is 5.35. The Morgan fingerprint density at radius 3 is 3.00 bits per heavy atom. The van der Waals surface area contributed by atoms with Crippen LogP contribution in [0.2, 0.25) is 0 Å². The summed E-state index contributed by atoms with van der Waals surface area (Å²) in [4.78, 5) is 18.7. The number of amides is 1. The van der Waals surface area contributed by atoms with Crippen molar-refractivity contribution in [1.82, 2.24) is 15.3 Å².